The highest BCUT2D eigenvalue weighted by atomic mass is 19.1. The molecule has 2 aromatic carbocycles. The van der Waals surface area contributed by atoms with Crippen LogP contribution in [0.25, 0.3) is 0 Å². The van der Waals surface area contributed by atoms with E-state index in [2.05, 4.69) is 10.6 Å². The number of hydrogen-bond donors (Lipinski definition) is 2. The van der Waals surface area contributed by atoms with Crippen molar-refractivity contribution in [2.24, 2.45) is 0 Å². The van der Waals surface area contributed by atoms with Crippen molar-refractivity contribution in [3.63, 3.8) is 0 Å². The van der Waals surface area contributed by atoms with Crippen LogP contribution in [0.2, 0.25) is 0 Å². The van der Waals surface area contributed by atoms with Gasteiger partial charge in [-0.3, -0.25) is 19.3 Å². The lowest BCUT2D eigenvalue weighted by molar-refractivity contribution is -0.132. The van der Waals surface area contributed by atoms with Crippen LogP contribution in [0.5, 0.6) is 0 Å². The van der Waals surface area contributed by atoms with Crippen molar-refractivity contribution in [2.45, 2.75) is 20.4 Å². The van der Waals surface area contributed by atoms with Gasteiger partial charge in [-0.2, -0.15) is 0 Å². The lowest BCUT2D eigenvalue weighted by atomic mass is 10.2. The second kappa shape index (κ2) is 11.1. The SMILES string of the molecule is CCN(CC(=O)Nc1ccc(NC(C)=O)cc1)CC(=O)N(C)Cc1cccc(F)c1. The van der Waals surface area contributed by atoms with Gasteiger partial charge in [0.15, 0.2) is 0 Å². The largest absolute Gasteiger partial charge is 0.340 e. The first-order chi connectivity index (χ1) is 14.3. The monoisotopic (exact) mass is 414 g/mol. The third-order valence-electron chi connectivity index (χ3n) is 4.40. The lowest BCUT2D eigenvalue weighted by Gasteiger charge is -2.23. The van der Waals surface area contributed by atoms with E-state index in [0.717, 1.165) is 0 Å². The van der Waals surface area contributed by atoms with Crippen LogP contribution >= 0.6 is 0 Å². The highest BCUT2D eigenvalue weighted by Crippen LogP contribution is 2.13. The molecule has 0 aliphatic heterocycles. The second-order valence-electron chi connectivity index (χ2n) is 6.99. The Balaban J connectivity index is 1.85. The molecule has 0 aromatic heterocycles. The van der Waals surface area contributed by atoms with Crippen LogP contribution in [-0.4, -0.2) is 54.2 Å². The summed E-state index contributed by atoms with van der Waals surface area (Å²) in [5.74, 6) is -0.916. The Hall–Kier alpha value is -3.26. The number of hydrogen-bond acceptors (Lipinski definition) is 4. The van der Waals surface area contributed by atoms with E-state index in [-0.39, 0.29) is 36.6 Å². The summed E-state index contributed by atoms with van der Waals surface area (Å²) in [7, 11) is 1.65. The van der Waals surface area contributed by atoms with Gasteiger partial charge in [0.2, 0.25) is 17.7 Å². The fourth-order valence-electron chi connectivity index (χ4n) is 2.83. The van der Waals surface area contributed by atoms with Crippen molar-refractivity contribution < 1.29 is 18.8 Å². The van der Waals surface area contributed by atoms with E-state index in [4.69, 9.17) is 0 Å². The minimum Gasteiger partial charge on any atom is -0.340 e. The molecular weight excluding hydrogens is 387 g/mol. The van der Waals surface area contributed by atoms with Crippen LogP contribution < -0.4 is 10.6 Å². The molecule has 3 amide bonds. The molecule has 2 aromatic rings. The van der Waals surface area contributed by atoms with Gasteiger partial charge in [0.1, 0.15) is 5.82 Å². The molecule has 2 N–H and O–H groups in total. The van der Waals surface area contributed by atoms with Crippen LogP contribution in [0.1, 0.15) is 19.4 Å². The molecule has 8 heteroatoms. The van der Waals surface area contributed by atoms with E-state index in [1.54, 1.807) is 48.3 Å². The highest BCUT2D eigenvalue weighted by molar-refractivity contribution is 5.93. The third kappa shape index (κ3) is 7.63. The molecule has 0 fully saturated rings. The standard InChI is InChI=1S/C22H27FN4O3/c1-4-27(15-22(30)26(3)13-17-6-5-7-18(23)12-17)14-21(29)25-20-10-8-19(9-11-20)24-16(2)28/h5-12H,4,13-15H2,1-3H3,(H,24,28)(H,25,29). The van der Waals surface area contributed by atoms with Crippen LogP contribution in [-0.2, 0) is 20.9 Å². The molecule has 0 bridgehead atoms. The maximum atomic E-state index is 13.3. The number of rotatable bonds is 9. The van der Waals surface area contributed by atoms with Crippen LogP contribution in [0, 0.1) is 5.82 Å². The van der Waals surface area contributed by atoms with Crippen molar-refractivity contribution in [2.75, 3.05) is 37.3 Å². The van der Waals surface area contributed by atoms with Crippen molar-refractivity contribution in [3.8, 4) is 0 Å². The Morgan fingerprint density at radius 3 is 2.17 bits per heavy atom. The molecule has 0 unspecified atom stereocenters. The number of likely N-dealkylation sites (N-methyl/N-ethyl adjacent to an activating group) is 2. The average Bonchev–Trinajstić information content (AvgIpc) is 2.68. The van der Waals surface area contributed by atoms with Gasteiger partial charge < -0.3 is 15.5 Å². The van der Waals surface area contributed by atoms with Crippen molar-refractivity contribution in [3.05, 3.63) is 59.9 Å². The number of benzene rings is 2. The predicted molar refractivity (Wildman–Crippen MR) is 114 cm³/mol. The molecule has 7 nitrogen and oxygen atoms in total. The van der Waals surface area contributed by atoms with Gasteiger partial charge in [-0.1, -0.05) is 19.1 Å². The van der Waals surface area contributed by atoms with Crippen molar-refractivity contribution in [1.29, 1.82) is 0 Å². The number of nitrogens with zero attached hydrogens (tertiary/aromatic N) is 2. The molecule has 0 heterocycles. The fraction of sp³-hybridized carbons (Fsp3) is 0.318. The van der Waals surface area contributed by atoms with Gasteiger partial charge in [0.25, 0.3) is 0 Å². The van der Waals surface area contributed by atoms with E-state index in [1.165, 1.54) is 24.0 Å². The lowest BCUT2D eigenvalue weighted by Crippen LogP contribution is -2.41. The van der Waals surface area contributed by atoms with Gasteiger partial charge in [-0.15, -0.1) is 0 Å². The van der Waals surface area contributed by atoms with Crippen molar-refractivity contribution >= 4 is 29.1 Å². The Morgan fingerprint density at radius 2 is 1.60 bits per heavy atom. The second-order valence-corrected chi connectivity index (χ2v) is 6.99. The first-order valence-corrected chi connectivity index (χ1v) is 9.65. The molecule has 0 saturated carbocycles. The first-order valence-electron chi connectivity index (χ1n) is 9.65. The predicted octanol–water partition coefficient (Wildman–Crippen LogP) is 2.70. The quantitative estimate of drug-likeness (QED) is 0.661. The zero-order valence-electron chi connectivity index (χ0n) is 17.4. The number of carbonyl (C=O) groups excluding carboxylic acids is 3. The molecule has 0 aliphatic rings. The molecular formula is C22H27FN4O3. The molecule has 0 aliphatic carbocycles. The highest BCUT2D eigenvalue weighted by Gasteiger charge is 2.16. The topological polar surface area (TPSA) is 81.8 Å². The summed E-state index contributed by atoms with van der Waals surface area (Å²) in [6.07, 6.45) is 0. The Labute approximate surface area is 175 Å². The Kier molecular flexibility index (Phi) is 8.49. The van der Waals surface area contributed by atoms with E-state index < -0.39 is 0 Å². The maximum absolute atomic E-state index is 13.3. The first kappa shape index (κ1) is 23.0. The summed E-state index contributed by atoms with van der Waals surface area (Å²) in [6, 6.07) is 12.9. The van der Waals surface area contributed by atoms with E-state index in [9.17, 15) is 18.8 Å². The van der Waals surface area contributed by atoms with Gasteiger partial charge in [-0.05, 0) is 48.5 Å². The number of nitrogens with one attached hydrogen (secondary N) is 2. The number of amides is 3. The van der Waals surface area contributed by atoms with E-state index in [1.807, 2.05) is 6.92 Å². The van der Waals surface area contributed by atoms with Crippen molar-refractivity contribution in [1.82, 2.24) is 9.80 Å². The maximum Gasteiger partial charge on any atom is 0.238 e. The van der Waals surface area contributed by atoms with E-state index >= 15 is 0 Å². The summed E-state index contributed by atoms with van der Waals surface area (Å²) in [5.41, 5.74) is 1.94. The molecule has 0 saturated heterocycles. The summed E-state index contributed by atoms with van der Waals surface area (Å²) in [5, 5.41) is 5.43. The molecule has 30 heavy (non-hydrogen) atoms. The summed E-state index contributed by atoms with van der Waals surface area (Å²) < 4.78 is 13.3. The number of halogens is 1. The van der Waals surface area contributed by atoms with Gasteiger partial charge in [0, 0.05) is 31.9 Å². The average molecular weight is 414 g/mol. The molecule has 2 rings (SSSR count). The van der Waals surface area contributed by atoms with Crippen LogP contribution in [0.4, 0.5) is 15.8 Å². The zero-order valence-corrected chi connectivity index (χ0v) is 17.4. The van der Waals surface area contributed by atoms with Gasteiger partial charge in [0.05, 0.1) is 13.1 Å². The van der Waals surface area contributed by atoms with Crippen LogP contribution in [0.3, 0.4) is 0 Å². The Bertz CT molecular complexity index is 886. The summed E-state index contributed by atoms with van der Waals surface area (Å²) in [4.78, 5) is 39.1. The number of carbonyl (C=O) groups is 3. The smallest absolute Gasteiger partial charge is 0.238 e. The van der Waals surface area contributed by atoms with E-state index in [0.29, 0.717) is 30.0 Å². The third-order valence-corrected chi connectivity index (χ3v) is 4.40. The van der Waals surface area contributed by atoms with Gasteiger partial charge >= 0.3 is 0 Å². The fourth-order valence-corrected chi connectivity index (χ4v) is 2.83. The molecule has 0 radical (unpaired) electrons. The molecule has 0 atom stereocenters. The molecule has 0 spiro atoms. The normalized spacial score (nSPS) is 10.6. The zero-order chi connectivity index (χ0) is 22.1. The minimum atomic E-state index is -0.342. The minimum absolute atomic E-state index is 0.0590. The molecule has 160 valence electrons. The van der Waals surface area contributed by atoms with Crippen LogP contribution in [0.15, 0.2) is 48.5 Å². The summed E-state index contributed by atoms with van der Waals surface area (Å²) in [6.45, 7) is 4.25. The number of anilines is 2. The summed E-state index contributed by atoms with van der Waals surface area (Å²) >= 11 is 0. The van der Waals surface area contributed by atoms with Gasteiger partial charge in [-0.25, -0.2) is 4.39 Å². The Morgan fingerprint density at radius 1 is 0.967 bits per heavy atom.